The van der Waals surface area contributed by atoms with E-state index >= 15 is 0 Å². The minimum atomic E-state index is -1.41. The van der Waals surface area contributed by atoms with Gasteiger partial charge in [-0.05, 0) is 0 Å². The molecule has 7 nitrogen and oxygen atoms in total. The molecular formula is C9H14O7. The number of hydrogen-bond donors (Lipinski definition) is 3. The molecule has 16 heavy (non-hydrogen) atoms. The maximum atomic E-state index is 10.7. The van der Waals surface area contributed by atoms with Gasteiger partial charge in [-0.15, -0.1) is 0 Å². The number of aliphatic hydroxyl groups is 3. The number of esters is 1. The summed E-state index contributed by atoms with van der Waals surface area (Å²) in [6.45, 7) is 3.65. The summed E-state index contributed by atoms with van der Waals surface area (Å²) in [6.07, 6.45) is -2.80. The molecule has 0 saturated carbocycles. The Hall–Kier alpha value is -1.76. The van der Waals surface area contributed by atoms with E-state index in [9.17, 15) is 14.7 Å². The van der Waals surface area contributed by atoms with E-state index in [0.717, 1.165) is 0 Å². The summed E-state index contributed by atoms with van der Waals surface area (Å²) in [5.74, 6) is -2.84. The third-order valence-corrected chi connectivity index (χ3v) is 1.62. The molecule has 0 spiro atoms. The van der Waals surface area contributed by atoms with E-state index in [1.54, 1.807) is 0 Å². The van der Waals surface area contributed by atoms with Crippen LogP contribution in [0.15, 0.2) is 11.5 Å². The topological polar surface area (TPSA) is 113 Å². The van der Waals surface area contributed by atoms with Crippen LogP contribution in [0.2, 0.25) is 0 Å². The lowest BCUT2D eigenvalue weighted by atomic mass is 10.2. The van der Waals surface area contributed by atoms with E-state index < -0.39 is 36.3 Å². The molecule has 0 fully saturated rings. The zero-order chi connectivity index (χ0) is 12.7. The standard InChI is InChI=1S/C7H8O7.C2H6/c8-2-13-1-3(9)6-4(10)5(11)7(12)14-6;1-2/h2-3,6,9-11H,1H2;1-2H3. The Kier molecular flexibility index (Phi) is 5.94. The molecule has 1 heterocycles. The van der Waals surface area contributed by atoms with Crippen LogP contribution in [0.3, 0.4) is 0 Å². The molecule has 0 aromatic rings. The van der Waals surface area contributed by atoms with Crippen molar-refractivity contribution in [2.24, 2.45) is 0 Å². The van der Waals surface area contributed by atoms with Gasteiger partial charge in [-0.2, -0.15) is 0 Å². The first-order chi connectivity index (χ1) is 7.57. The molecule has 3 N–H and O–H groups in total. The first-order valence-electron chi connectivity index (χ1n) is 4.64. The molecule has 0 aliphatic carbocycles. The second-order valence-electron chi connectivity index (χ2n) is 2.56. The minimum Gasteiger partial charge on any atom is -0.505 e. The molecule has 0 aromatic carbocycles. The Morgan fingerprint density at radius 3 is 2.44 bits per heavy atom. The van der Waals surface area contributed by atoms with Crippen molar-refractivity contribution in [2.45, 2.75) is 26.1 Å². The van der Waals surface area contributed by atoms with Crippen LogP contribution in [-0.2, 0) is 19.1 Å². The number of hydrogen-bond acceptors (Lipinski definition) is 7. The van der Waals surface area contributed by atoms with E-state index in [1.165, 1.54) is 0 Å². The van der Waals surface area contributed by atoms with Crippen molar-refractivity contribution >= 4 is 12.4 Å². The monoisotopic (exact) mass is 234 g/mol. The Morgan fingerprint density at radius 2 is 2.06 bits per heavy atom. The average Bonchev–Trinajstić information content (AvgIpc) is 2.56. The fourth-order valence-corrected chi connectivity index (χ4v) is 0.952. The van der Waals surface area contributed by atoms with E-state index in [1.807, 2.05) is 13.8 Å². The first kappa shape index (κ1) is 14.2. The maximum Gasteiger partial charge on any atom is 0.377 e. The highest BCUT2D eigenvalue weighted by Gasteiger charge is 2.39. The van der Waals surface area contributed by atoms with Crippen LogP contribution in [0.5, 0.6) is 0 Å². The summed E-state index contributed by atoms with van der Waals surface area (Å²) in [5, 5.41) is 27.1. The molecule has 0 bridgehead atoms. The van der Waals surface area contributed by atoms with Crippen molar-refractivity contribution in [2.75, 3.05) is 6.61 Å². The van der Waals surface area contributed by atoms with Gasteiger partial charge >= 0.3 is 5.97 Å². The van der Waals surface area contributed by atoms with Crippen molar-refractivity contribution in [3.05, 3.63) is 11.5 Å². The molecule has 2 unspecified atom stereocenters. The summed E-state index contributed by atoms with van der Waals surface area (Å²) in [7, 11) is 0. The Bertz CT molecular complexity index is 284. The van der Waals surface area contributed by atoms with Gasteiger partial charge in [-0.1, -0.05) is 13.8 Å². The normalized spacial score (nSPS) is 20.7. The Labute approximate surface area is 91.9 Å². The van der Waals surface area contributed by atoms with Crippen LogP contribution in [0, 0.1) is 0 Å². The van der Waals surface area contributed by atoms with E-state index in [0.29, 0.717) is 0 Å². The van der Waals surface area contributed by atoms with Gasteiger partial charge in [-0.3, -0.25) is 4.79 Å². The number of cyclic esters (lactones) is 1. The minimum absolute atomic E-state index is 0.0978. The van der Waals surface area contributed by atoms with E-state index in [4.69, 9.17) is 10.2 Å². The Balaban J connectivity index is 0.00000106. The molecule has 1 aliphatic rings. The molecule has 2 atom stereocenters. The van der Waals surface area contributed by atoms with Gasteiger partial charge < -0.3 is 24.8 Å². The third-order valence-electron chi connectivity index (χ3n) is 1.62. The largest absolute Gasteiger partial charge is 0.505 e. The number of rotatable bonds is 4. The summed E-state index contributed by atoms with van der Waals surface area (Å²) in [6, 6.07) is 0. The highest BCUT2D eigenvalue weighted by atomic mass is 16.6. The van der Waals surface area contributed by atoms with Gasteiger partial charge in [0.2, 0.25) is 5.76 Å². The zero-order valence-electron chi connectivity index (χ0n) is 8.91. The van der Waals surface area contributed by atoms with Crippen LogP contribution in [0.1, 0.15) is 13.8 Å². The molecule has 92 valence electrons. The second-order valence-corrected chi connectivity index (χ2v) is 2.56. The Morgan fingerprint density at radius 1 is 1.50 bits per heavy atom. The summed E-state index contributed by atoms with van der Waals surface area (Å²) in [4.78, 5) is 20.4. The summed E-state index contributed by atoms with van der Waals surface area (Å²) >= 11 is 0. The van der Waals surface area contributed by atoms with Crippen LogP contribution < -0.4 is 0 Å². The highest BCUT2D eigenvalue weighted by Crippen LogP contribution is 2.21. The van der Waals surface area contributed by atoms with Crippen molar-refractivity contribution in [1.29, 1.82) is 0 Å². The molecular weight excluding hydrogens is 220 g/mol. The molecule has 1 aliphatic heterocycles. The van der Waals surface area contributed by atoms with Gasteiger partial charge in [0.1, 0.15) is 12.7 Å². The number of ether oxygens (including phenoxy) is 2. The third kappa shape index (κ3) is 3.13. The SMILES string of the molecule is CC.O=COCC(O)C1OC(=O)C(O)=C1O. The number of carbonyl (C=O) groups is 2. The smallest absolute Gasteiger partial charge is 0.377 e. The van der Waals surface area contributed by atoms with Crippen LogP contribution in [0.25, 0.3) is 0 Å². The van der Waals surface area contributed by atoms with Gasteiger partial charge in [0, 0.05) is 0 Å². The maximum absolute atomic E-state index is 10.7. The lowest BCUT2D eigenvalue weighted by Gasteiger charge is -2.15. The molecule has 1 rings (SSSR count). The van der Waals surface area contributed by atoms with Gasteiger partial charge in [-0.25, -0.2) is 4.79 Å². The molecule has 7 heteroatoms. The van der Waals surface area contributed by atoms with Gasteiger partial charge in [0.25, 0.3) is 6.47 Å². The lowest BCUT2D eigenvalue weighted by molar-refractivity contribution is -0.149. The molecule has 0 radical (unpaired) electrons. The molecule has 0 amide bonds. The fraction of sp³-hybridized carbons (Fsp3) is 0.556. The molecule has 0 aromatic heterocycles. The average molecular weight is 234 g/mol. The van der Waals surface area contributed by atoms with E-state index in [-0.39, 0.29) is 6.47 Å². The number of carbonyl (C=O) groups excluding carboxylic acids is 2. The molecule has 0 saturated heterocycles. The van der Waals surface area contributed by atoms with Crippen molar-refractivity contribution in [1.82, 2.24) is 0 Å². The quantitative estimate of drug-likeness (QED) is 0.456. The van der Waals surface area contributed by atoms with E-state index in [2.05, 4.69) is 9.47 Å². The van der Waals surface area contributed by atoms with Gasteiger partial charge in [0.05, 0.1) is 0 Å². The van der Waals surface area contributed by atoms with Crippen LogP contribution in [-0.4, -0.2) is 46.6 Å². The number of aliphatic hydroxyl groups excluding tert-OH is 3. The fourth-order valence-electron chi connectivity index (χ4n) is 0.952. The predicted octanol–water partition coefficient (Wildman–Crippen LogP) is -0.200. The lowest BCUT2D eigenvalue weighted by Crippen LogP contribution is -2.32. The first-order valence-corrected chi connectivity index (χ1v) is 4.64. The van der Waals surface area contributed by atoms with Crippen molar-refractivity contribution in [3.8, 4) is 0 Å². The summed E-state index contributed by atoms with van der Waals surface area (Å²) in [5.41, 5.74) is 0. The highest BCUT2D eigenvalue weighted by molar-refractivity contribution is 5.89. The van der Waals surface area contributed by atoms with Gasteiger partial charge in [0.15, 0.2) is 11.9 Å². The second kappa shape index (κ2) is 6.67. The van der Waals surface area contributed by atoms with Crippen molar-refractivity contribution in [3.63, 3.8) is 0 Å². The van der Waals surface area contributed by atoms with Crippen LogP contribution >= 0.6 is 0 Å². The summed E-state index contributed by atoms with van der Waals surface area (Å²) < 4.78 is 8.58. The van der Waals surface area contributed by atoms with Crippen molar-refractivity contribution < 1.29 is 34.4 Å². The predicted molar refractivity (Wildman–Crippen MR) is 51.5 cm³/mol. The zero-order valence-corrected chi connectivity index (χ0v) is 8.91. The van der Waals surface area contributed by atoms with Crippen LogP contribution in [0.4, 0.5) is 0 Å².